The van der Waals surface area contributed by atoms with Gasteiger partial charge in [-0.05, 0) is 19.3 Å². The van der Waals surface area contributed by atoms with Gasteiger partial charge < -0.3 is 5.73 Å². The van der Waals surface area contributed by atoms with Gasteiger partial charge in [0, 0.05) is 5.54 Å². The summed E-state index contributed by atoms with van der Waals surface area (Å²) in [5, 5.41) is 0. The van der Waals surface area contributed by atoms with Gasteiger partial charge in [-0.1, -0.05) is 64.7 Å². The highest BCUT2D eigenvalue weighted by atomic mass is 14.7. The molecule has 1 aliphatic rings. The van der Waals surface area contributed by atoms with E-state index in [2.05, 4.69) is 6.92 Å². The maximum Gasteiger partial charge on any atom is 0.0154 e. The molecule has 1 nitrogen and oxygen atoms in total. The van der Waals surface area contributed by atoms with E-state index < -0.39 is 0 Å². The van der Waals surface area contributed by atoms with E-state index in [-0.39, 0.29) is 5.54 Å². The molecule has 1 fully saturated rings. The second-order valence-corrected chi connectivity index (χ2v) is 5.44. The average Bonchev–Trinajstić information content (AvgIpc) is 2.24. The third kappa shape index (κ3) is 5.55. The van der Waals surface area contributed by atoms with E-state index in [4.69, 9.17) is 5.73 Å². The van der Waals surface area contributed by atoms with Crippen LogP contribution in [-0.2, 0) is 0 Å². The second-order valence-electron chi connectivity index (χ2n) is 5.44. The fourth-order valence-corrected chi connectivity index (χ4v) is 2.76. The summed E-state index contributed by atoms with van der Waals surface area (Å²) >= 11 is 0. The lowest BCUT2D eigenvalue weighted by atomic mass is 9.79. The highest BCUT2D eigenvalue weighted by Crippen LogP contribution is 2.30. The lowest BCUT2D eigenvalue weighted by molar-refractivity contribution is 0.269. The highest BCUT2D eigenvalue weighted by Gasteiger charge is 2.26. The van der Waals surface area contributed by atoms with E-state index >= 15 is 0 Å². The molecule has 1 rings (SSSR count). The Labute approximate surface area is 95.8 Å². The molecule has 0 radical (unpaired) electrons. The van der Waals surface area contributed by atoms with Gasteiger partial charge in [-0.2, -0.15) is 0 Å². The Balaban J connectivity index is 1.98. The van der Waals surface area contributed by atoms with Crippen LogP contribution in [0.15, 0.2) is 0 Å². The highest BCUT2D eigenvalue weighted by molar-refractivity contribution is 4.86. The van der Waals surface area contributed by atoms with Crippen molar-refractivity contribution in [2.75, 3.05) is 0 Å². The molecule has 1 heteroatoms. The van der Waals surface area contributed by atoms with Crippen LogP contribution in [0.5, 0.6) is 0 Å². The van der Waals surface area contributed by atoms with Crippen LogP contribution >= 0.6 is 0 Å². The first-order valence-electron chi connectivity index (χ1n) is 7.06. The molecular weight excluding hydrogens is 182 g/mol. The van der Waals surface area contributed by atoms with Crippen molar-refractivity contribution in [2.24, 2.45) is 5.73 Å². The molecule has 0 aromatic heterocycles. The summed E-state index contributed by atoms with van der Waals surface area (Å²) in [7, 11) is 0. The van der Waals surface area contributed by atoms with Crippen molar-refractivity contribution in [3.05, 3.63) is 0 Å². The molecule has 0 aromatic carbocycles. The van der Waals surface area contributed by atoms with Crippen LogP contribution in [0.3, 0.4) is 0 Å². The second kappa shape index (κ2) is 7.27. The van der Waals surface area contributed by atoms with Crippen molar-refractivity contribution < 1.29 is 0 Å². The van der Waals surface area contributed by atoms with Crippen LogP contribution in [0.25, 0.3) is 0 Å². The van der Waals surface area contributed by atoms with Gasteiger partial charge in [-0.3, -0.25) is 0 Å². The zero-order valence-corrected chi connectivity index (χ0v) is 10.6. The molecule has 90 valence electrons. The van der Waals surface area contributed by atoms with Crippen molar-refractivity contribution in [1.29, 1.82) is 0 Å². The molecule has 1 aliphatic carbocycles. The van der Waals surface area contributed by atoms with Crippen molar-refractivity contribution in [2.45, 2.75) is 89.5 Å². The van der Waals surface area contributed by atoms with E-state index in [1.54, 1.807) is 0 Å². The summed E-state index contributed by atoms with van der Waals surface area (Å²) in [5.74, 6) is 0. The van der Waals surface area contributed by atoms with Crippen LogP contribution in [0.1, 0.15) is 84.0 Å². The summed E-state index contributed by atoms with van der Waals surface area (Å²) in [5.41, 5.74) is 6.63. The third-order valence-corrected chi connectivity index (χ3v) is 3.88. The normalized spacial score (nSPS) is 20.4. The van der Waals surface area contributed by atoms with Crippen molar-refractivity contribution >= 4 is 0 Å². The van der Waals surface area contributed by atoms with E-state index in [1.165, 1.54) is 77.0 Å². The SMILES string of the molecule is CCCCCCCCC1(N)CCCCC1. The van der Waals surface area contributed by atoms with Gasteiger partial charge >= 0.3 is 0 Å². The minimum absolute atomic E-state index is 0.225. The number of rotatable bonds is 7. The molecule has 0 atom stereocenters. The fraction of sp³-hybridized carbons (Fsp3) is 1.00. The molecule has 0 saturated heterocycles. The zero-order chi connectivity index (χ0) is 11.0. The van der Waals surface area contributed by atoms with Crippen molar-refractivity contribution in [1.82, 2.24) is 0 Å². The lowest BCUT2D eigenvalue weighted by Crippen LogP contribution is -2.41. The lowest BCUT2D eigenvalue weighted by Gasteiger charge is -2.33. The summed E-state index contributed by atoms with van der Waals surface area (Å²) < 4.78 is 0. The fourth-order valence-electron chi connectivity index (χ4n) is 2.76. The topological polar surface area (TPSA) is 26.0 Å². The van der Waals surface area contributed by atoms with Crippen LogP contribution in [0, 0.1) is 0 Å². The van der Waals surface area contributed by atoms with Gasteiger partial charge in [0.2, 0.25) is 0 Å². The van der Waals surface area contributed by atoms with Gasteiger partial charge in [-0.25, -0.2) is 0 Å². The predicted octanol–water partition coefficient (Wildman–Crippen LogP) is 4.40. The Kier molecular flexibility index (Phi) is 6.31. The minimum atomic E-state index is 0.225. The van der Waals surface area contributed by atoms with E-state index in [0.717, 1.165) is 0 Å². The summed E-state index contributed by atoms with van der Waals surface area (Å²) in [6.45, 7) is 2.27. The molecular formula is C14H29N. The predicted molar refractivity (Wildman–Crippen MR) is 68.0 cm³/mol. The van der Waals surface area contributed by atoms with Crippen molar-refractivity contribution in [3.63, 3.8) is 0 Å². The summed E-state index contributed by atoms with van der Waals surface area (Å²) in [4.78, 5) is 0. The molecule has 0 aliphatic heterocycles. The number of hydrogen-bond acceptors (Lipinski definition) is 1. The zero-order valence-electron chi connectivity index (χ0n) is 10.6. The standard InChI is InChI=1S/C14H29N/c1-2-3-4-5-6-8-11-14(15)12-9-7-10-13-14/h2-13,15H2,1H3. The van der Waals surface area contributed by atoms with Crippen LogP contribution in [0.2, 0.25) is 0 Å². The van der Waals surface area contributed by atoms with Gasteiger partial charge in [0.1, 0.15) is 0 Å². The summed E-state index contributed by atoms with van der Waals surface area (Å²) in [6.07, 6.45) is 16.4. The summed E-state index contributed by atoms with van der Waals surface area (Å²) in [6, 6.07) is 0. The third-order valence-electron chi connectivity index (χ3n) is 3.88. The Morgan fingerprint density at radius 3 is 2.13 bits per heavy atom. The van der Waals surface area contributed by atoms with Gasteiger partial charge in [0.05, 0.1) is 0 Å². The van der Waals surface area contributed by atoms with Gasteiger partial charge in [0.15, 0.2) is 0 Å². The van der Waals surface area contributed by atoms with Crippen molar-refractivity contribution in [3.8, 4) is 0 Å². The quantitative estimate of drug-likeness (QED) is 0.621. The smallest absolute Gasteiger partial charge is 0.0154 e. The Morgan fingerprint density at radius 2 is 1.47 bits per heavy atom. The Hall–Kier alpha value is -0.0400. The van der Waals surface area contributed by atoms with Crippen LogP contribution < -0.4 is 5.73 Å². The number of hydrogen-bond donors (Lipinski definition) is 1. The average molecular weight is 211 g/mol. The molecule has 0 heterocycles. The van der Waals surface area contributed by atoms with Crippen LogP contribution in [-0.4, -0.2) is 5.54 Å². The maximum absolute atomic E-state index is 6.40. The molecule has 0 bridgehead atoms. The molecule has 0 spiro atoms. The van der Waals surface area contributed by atoms with E-state index in [9.17, 15) is 0 Å². The first-order valence-corrected chi connectivity index (χ1v) is 7.06. The maximum atomic E-state index is 6.40. The first kappa shape index (κ1) is 13.0. The monoisotopic (exact) mass is 211 g/mol. The van der Waals surface area contributed by atoms with Gasteiger partial charge in [0.25, 0.3) is 0 Å². The van der Waals surface area contributed by atoms with Crippen LogP contribution in [0.4, 0.5) is 0 Å². The Morgan fingerprint density at radius 1 is 0.867 bits per heavy atom. The molecule has 0 aromatic rings. The van der Waals surface area contributed by atoms with Gasteiger partial charge in [-0.15, -0.1) is 0 Å². The molecule has 15 heavy (non-hydrogen) atoms. The first-order chi connectivity index (χ1) is 7.27. The molecule has 1 saturated carbocycles. The minimum Gasteiger partial charge on any atom is -0.325 e. The van der Waals surface area contributed by atoms with E-state index in [0.29, 0.717) is 0 Å². The molecule has 2 N–H and O–H groups in total. The largest absolute Gasteiger partial charge is 0.325 e. The van der Waals surface area contributed by atoms with E-state index in [1.807, 2.05) is 0 Å². The molecule has 0 unspecified atom stereocenters. The molecule has 0 amide bonds. The number of nitrogens with two attached hydrogens (primary N) is 1. The number of unbranched alkanes of at least 4 members (excludes halogenated alkanes) is 5. The Bertz CT molecular complexity index is 147.